The summed E-state index contributed by atoms with van der Waals surface area (Å²) >= 11 is 0. The Labute approximate surface area is 212 Å². The molecule has 6 aromatic rings. The number of hydrogen-bond acceptors (Lipinski definition) is 5. The number of aromatic nitrogens is 5. The van der Waals surface area contributed by atoms with E-state index >= 15 is 0 Å². The third kappa shape index (κ3) is 3.47. The molecule has 0 saturated carbocycles. The summed E-state index contributed by atoms with van der Waals surface area (Å²) in [6.45, 7) is 3.67. The molecule has 0 spiro atoms. The van der Waals surface area contributed by atoms with Crippen LogP contribution in [0.3, 0.4) is 0 Å². The average molecular weight is 483 g/mol. The number of pyridine rings is 2. The van der Waals surface area contributed by atoms with Crippen molar-refractivity contribution >= 4 is 32.8 Å². The van der Waals surface area contributed by atoms with Gasteiger partial charge in [-0.3, -0.25) is 14.5 Å². The van der Waals surface area contributed by atoms with Crippen LogP contribution in [0.15, 0.2) is 78.2 Å². The third-order valence-corrected chi connectivity index (χ3v) is 6.87. The molecular formula is C29H22N8. The van der Waals surface area contributed by atoms with Gasteiger partial charge in [-0.2, -0.15) is 10.5 Å². The minimum atomic E-state index is -0.714. The zero-order valence-corrected chi connectivity index (χ0v) is 20.6. The van der Waals surface area contributed by atoms with Gasteiger partial charge in [0.15, 0.2) is 0 Å². The number of nitriles is 2. The highest BCUT2D eigenvalue weighted by atomic mass is 15.2. The lowest BCUT2D eigenvalue weighted by Crippen LogP contribution is -2.23. The second kappa shape index (κ2) is 8.18. The van der Waals surface area contributed by atoms with Crippen LogP contribution in [-0.2, 0) is 12.5 Å². The molecule has 6 rings (SSSR count). The first-order valence-corrected chi connectivity index (χ1v) is 11.8. The SMILES string of the molecule is Cn1/c(=N/C#N)n(-c2ccc(C(C)(C)C#N)nc2)c2c3cc(-c4ccc5[nH]ccc5c4)ccc3ncc21. The van der Waals surface area contributed by atoms with Crippen molar-refractivity contribution in [2.24, 2.45) is 12.0 Å². The number of benzene rings is 2. The highest BCUT2D eigenvalue weighted by Crippen LogP contribution is 2.31. The maximum Gasteiger partial charge on any atom is 0.226 e. The number of aryl methyl sites for hydroxylation is 1. The summed E-state index contributed by atoms with van der Waals surface area (Å²) in [5.41, 5.74) is 6.94. The Bertz CT molecular complexity index is 1990. The lowest BCUT2D eigenvalue weighted by molar-refractivity contribution is 0.658. The van der Waals surface area contributed by atoms with Crippen molar-refractivity contribution in [3.05, 3.63) is 84.5 Å². The Hall–Kier alpha value is -5.21. The van der Waals surface area contributed by atoms with Crippen molar-refractivity contribution < 1.29 is 0 Å². The predicted octanol–water partition coefficient (Wildman–Crippen LogP) is 5.24. The van der Waals surface area contributed by atoms with Gasteiger partial charge in [0.05, 0.1) is 51.8 Å². The number of rotatable bonds is 3. The van der Waals surface area contributed by atoms with E-state index in [9.17, 15) is 10.5 Å². The van der Waals surface area contributed by atoms with Gasteiger partial charge < -0.3 is 9.55 Å². The van der Waals surface area contributed by atoms with Gasteiger partial charge in [0.25, 0.3) is 0 Å². The second-order valence-corrected chi connectivity index (χ2v) is 9.55. The lowest BCUT2D eigenvalue weighted by Gasteiger charge is -2.15. The minimum Gasteiger partial charge on any atom is -0.361 e. The van der Waals surface area contributed by atoms with Gasteiger partial charge in [-0.05, 0) is 72.8 Å². The van der Waals surface area contributed by atoms with E-state index in [1.54, 1.807) is 12.4 Å². The number of imidazole rings is 1. The Kier molecular flexibility index (Phi) is 4.92. The first-order valence-electron chi connectivity index (χ1n) is 11.8. The molecule has 37 heavy (non-hydrogen) atoms. The monoisotopic (exact) mass is 482 g/mol. The normalized spacial score (nSPS) is 12.3. The number of nitrogens with one attached hydrogen (secondary N) is 1. The average Bonchev–Trinajstić information content (AvgIpc) is 3.51. The molecule has 178 valence electrons. The van der Waals surface area contributed by atoms with Gasteiger partial charge in [0.1, 0.15) is 0 Å². The predicted molar refractivity (Wildman–Crippen MR) is 142 cm³/mol. The van der Waals surface area contributed by atoms with Gasteiger partial charge in [-0.25, -0.2) is 0 Å². The maximum absolute atomic E-state index is 9.52. The van der Waals surface area contributed by atoms with E-state index in [0.29, 0.717) is 11.3 Å². The minimum absolute atomic E-state index is 0.458. The van der Waals surface area contributed by atoms with Gasteiger partial charge >= 0.3 is 0 Å². The summed E-state index contributed by atoms with van der Waals surface area (Å²) in [6.07, 6.45) is 7.40. The standard InChI is InChI=1S/C29H22N8/c1-29(2,16-30)26-9-6-21(14-34-26)37-27-22-13-19(18-4-7-23-20(12-18)10-11-32-23)5-8-24(22)33-15-25(27)36(3)28(37)35-17-31/h4-15,32H,1-3H3/b35-28-. The largest absolute Gasteiger partial charge is 0.361 e. The number of aromatic amines is 1. The van der Waals surface area contributed by atoms with E-state index in [0.717, 1.165) is 49.7 Å². The van der Waals surface area contributed by atoms with Gasteiger partial charge in [-0.1, -0.05) is 12.1 Å². The molecule has 4 heterocycles. The van der Waals surface area contributed by atoms with E-state index in [4.69, 9.17) is 4.98 Å². The highest BCUT2D eigenvalue weighted by molar-refractivity contribution is 6.05. The molecule has 0 aliphatic carbocycles. The van der Waals surface area contributed by atoms with Crippen molar-refractivity contribution in [1.29, 1.82) is 10.5 Å². The van der Waals surface area contributed by atoms with Crippen LogP contribution >= 0.6 is 0 Å². The fourth-order valence-electron chi connectivity index (χ4n) is 4.78. The summed E-state index contributed by atoms with van der Waals surface area (Å²) in [5, 5.41) is 21.1. The van der Waals surface area contributed by atoms with E-state index in [1.165, 1.54) is 0 Å². The Balaban J connectivity index is 1.65. The second-order valence-electron chi connectivity index (χ2n) is 9.55. The third-order valence-electron chi connectivity index (χ3n) is 6.87. The molecule has 4 aromatic heterocycles. The zero-order chi connectivity index (χ0) is 25.7. The van der Waals surface area contributed by atoms with Crippen LogP contribution in [0, 0.1) is 22.8 Å². The number of H-pyrrole nitrogens is 1. The van der Waals surface area contributed by atoms with Crippen LogP contribution in [-0.4, -0.2) is 24.1 Å². The van der Waals surface area contributed by atoms with Crippen LogP contribution < -0.4 is 5.62 Å². The molecule has 0 unspecified atom stereocenters. The summed E-state index contributed by atoms with van der Waals surface area (Å²) in [7, 11) is 1.87. The van der Waals surface area contributed by atoms with Crippen molar-refractivity contribution in [2.75, 3.05) is 0 Å². The number of fused-ring (bicyclic) bond motifs is 4. The molecule has 0 amide bonds. The topological polar surface area (TPSA) is 111 Å². The van der Waals surface area contributed by atoms with Crippen molar-refractivity contribution in [3.8, 4) is 29.1 Å². The molecule has 8 heteroatoms. The molecule has 1 N–H and O–H groups in total. The van der Waals surface area contributed by atoms with E-state index in [-0.39, 0.29) is 0 Å². The summed E-state index contributed by atoms with van der Waals surface area (Å²) < 4.78 is 3.79. The fourth-order valence-corrected chi connectivity index (χ4v) is 4.78. The van der Waals surface area contributed by atoms with Crippen LogP contribution in [0.25, 0.3) is 49.7 Å². The van der Waals surface area contributed by atoms with E-state index in [1.807, 2.05) is 60.6 Å². The summed E-state index contributed by atoms with van der Waals surface area (Å²) in [6, 6.07) is 20.7. The zero-order valence-electron chi connectivity index (χ0n) is 20.6. The molecule has 0 atom stereocenters. The molecular weight excluding hydrogens is 460 g/mol. The molecule has 8 nitrogen and oxygen atoms in total. The Morgan fingerprint density at radius 3 is 2.51 bits per heavy atom. The van der Waals surface area contributed by atoms with Gasteiger partial charge in [0.2, 0.25) is 11.8 Å². The molecule has 0 radical (unpaired) electrons. The van der Waals surface area contributed by atoms with Crippen LogP contribution in [0.5, 0.6) is 0 Å². The van der Waals surface area contributed by atoms with Crippen LogP contribution in [0.1, 0.15) is 19.5 Å². The number of hydrogen-bond donors (Lipinski definition) is 1. The highest BCUT2D eigenvalue weighted by Gasteiger charge is 2.22. The molecule has 0 bridgehead atoms. The van der Waals surface area contributed by atoms with E-state index < -0.39 is 5.41 Å². The number of nitrogens with zero attached hydrogens (tertiary/aromatic N) is 7. The first kappa shape index (κ1) is 22.3. The van der Waals surface area contributed by atoms with Gasteiger partial charge in [-0.15, -0.1) is 4.99 Å². The lowest BCUT2D eigenvalue weighted by atomic mass is 9.91. The molecule has 0 aliphatic rings. The Morgan fingerprint density at radius 2 is 1.76 bits per heavy atom. The van der Waals surface area contributed by atoms with Crippen molar-refractivity contribution in [2.45, 2.75) is 19.3 Å². The van der Waals surface area contributed by atoms with Crippen LogP contribution in [0.4, 0.5) is 0 Å². The molecule has 0 aliphatic heterocycles. The maximum atomic E-state index is 9.52. The summed E-state index contributed by atoms with van der Waals surface area (Å²) in [5.74, 6) is 0. The summed E-state index contributed by atoms with van der Waals surface area (Å²) in [4.78, 5) is 16.7. The van der Waals surface area contributed by atoms with E-state index in [2.05, 4.69) is 57.4 Å². The quantitative estimate of drug-likeness (QED) is 0.348. The van der Waals surface area contributed by atoms with Gasteiger partial charge in [0, 0.05) is 24.1 Å². The molecule has 2 aromatic carbocycles. The fraction of sp³-hybridized carbons (Fsp3) is 0.138. The van der Waals surface area contributed by atoms with Crippen molar-refractivity contribution in [3.63, 3.8) is 0 Å². The molecule has 0 fully saturated rings. The first-order chi connectivity index (χ1) is 17.9. The van der Waals surface area contributed by atoms with Crippen molar-refractivity contribution in [1.82, 2.24) is 24.1 Å². The van der Waals surface area contributed by atoms with Crippen LogP contribution in [0.2, 0.25) is 0 Å². The smallest absolute Gasteiger partial charge is 0.226 e. The molecule has 0 saturated heterocycles. The Morgan fingerprint density at radius 1 is 0.946 bits per heavy atom.